The van der Waals surface area contributed by atoms with Gasteiger partial charge in [-0.3, -0.25) is 5.32 Å². The highest BCUT2D eigenvalue weighted by atomic mass is 16.5. The molecule has 0 aromatic carbocycles. The van der Waals surface area contributed by atoms with E-state index in [2.05, 4.69) is 38.6 Å². The molecule has 1 aliphatic heterocycles. The number of amides is 2. The Morgan fingerprint density at radius 3 is 3.00 bits per heavy atom. The lowest BCUT2D eigenvalue weighted by atomic mass is 10.0. The molecule has 1 unspecified atom stereocenters. The van der Waals surface area contributed by atoms with Gasteiger partial charge in [0.25, 0.3) is 0 Å². The van der Waals surface area contributed by atoms with Gasteiger partial charge in [-0.05, 0) is 32.0 Å². The van der Waals surface area contributed by atoms with Crippen LogP contribution < -0.4 is 15.4 Å². The van der Waals surface area contributed by atoms with Crippen molar-refractivity contribution in [2.45, 2.75) is 19.4 Å². The van der Waals surface area contributed by atoms with Crippen LogP contribution in [-0.4, -0.2) is 54.2 Å². The molecule has 21 heavy (non-hydrogen) atoms. The van der Waals surface area contributed by atoms with Gasteiger partial charge in [-0.25, -0.2) is 9.78 Å². The molecule has 1 aliphatic rings. The summed E-state index contributed by atoms with van der Waals surface area (Å²) >= 11 is 0. The molecule has 0 spiro atoms. The highest BCUT2D eigenvalue weighted by molar-refractivity contribution is 5.88. The molecule has 7 heteroatoms. The lowest BCUT2D eigenvalue weighted by Crippen LogP contribution is -2.39. The summed E-state index contributed by atoms with van der Waals surface area (Å²) in [6, 6.07) is 1.55. The Balaban J connectivity index is 1.89. The van der Waals surface area contributed by atoms with Gasteiger partial charge in [-0.1, -0.05) is 6.08 Å². The van der Waals surface area contributed by atoms with Crippen LogP contribution in [-0.2, 0) is 0 Å². The van der Waals surface area contributed by atoms with Gasteiger partial charge in [0, 0.05) is 25.3 Å². The normalized spacial score (nSPS) is 16.8. The van der Waals surface area contributed by atoms with E-state index < -0.39 is 0 Å². The molecule has 114 valence electrons. The second-order valence-electron chi connectivity index (χ2n) is 5.04. The molecule has 2 heterocycles. The summed E-state index contributed by atoms with van der Waals surface area (Å²) in [4.78, 5) is 22.1. The van der Waals surface area contributed by atoms with Gasteiger partial charge in [0.1, 0.15) is 5.82 Å². The minimum Gasteiger partial charge on any atom is -0.467 e. The number of likely N-dealkylation sites (N-methyl/N-ethyl adjacent to an activating group) is 1. The molecule has 7 nitrogen and oxygen atoms in total. The fourth-order valence-corrected chi connectivity index (χ4v) is 2.13. The Hall–Kier alpha value is -2.15. The first kappa shape index (κ1) is 15.2. The average Bonchev–Trinajstić information content (AvgIpc) is 2.47. The maximum atomic E-state index is 12.0. The molecule has 1 aromatic heterocycles. The summed E-state index contributed by atoms with van der Waals surface area (Å²) < 4.78 is 4.92. The standard InChI is InChI=1S/C14H21N5O2/c1-10(11-5-8-19(2)9-6-11)16-13(20)17-12-4-7-15-14(18-12)21-3/h4-5,7,10H,6,8-9H2,1-3H3,(H2,15,16,17,18,20). The molecule has 0 fully saturated rings. The number of ether oxygens (including phenoxy) is 1. The third-order valence-corrected chi connectivity index (χ3v) is 3.41. The van der Waals surface area contributed by atoms with Gasteiger partial charge in [0.05, 0.1) is 7.11 Å². The highest BCUT2D eigenvalue weighted by Gasteiger charge is 2.16. The van der Waals surface area contributed by atoms with E-state index in [0.717, 1.165) is 19.5 Å². The molecule has 2 N–H and O–H groups in total. The van der Waals surface area contributed by atoms with Crippen LogP contribution in [0.1, 0.15) is 13.3 Å². The number of urea groups is 1. The van der Waals surface area contributed by atoms with Crippen LogP contribution in [0.5, 0.6) is 6.01 Å². The van der Waals surface area contributed by atoms with Crippen molar-refractivity contribution in [3.63, 3.8) is 0 Å². The summed E-state index contributed by atoms with van der Waals surface area (Å²) in [7, 11) is 3.56. The van der Waals surface area contributed by atoms with Crippen molar-refractivity contribution in [3.8, 4) is 6.01 Å². The van der Waals surface area contributed by atoms with Crippen molar-refractivity contribution >= 4 is 11.8 Å². The predicted octanol–water partition coefficient (Wildman–Crippen LogP) is 1.26. The molecule has 1 aromatic rings. The second kappa shape index (κ2) is 7.03. The fraction of sp³-hybridized carbons (Fsp3) is 0.500. The first-order valence-corrected chi connectivity index (χ1v) is 6.90. The zero-order valence-electron chi connectivity index (χ0n) is 12.6. The monoisotopic (exact) mass is 291 g/mol. The number of hydrogen-bond acceptors (Lipinski definition) is 5. The maximum absolute atomic E-state index is 12.0. The first-order chi connectivity index (χ1) is 10.1. The molecule has 1 atom stereocenters. The number of methoxy groups -OCH3 is 1. The number of rotatable bonds is 4. The summed E-state index contributed by atoms with van der Waals surface area (Å²) in [6.07, 6.45) is 4.67. The van der Waals surface area contributed by atoms with Gasteiger partial charge < -0.3 is 15.0 Å². The molecule has 0 radical (unpaired) electrons. The molecule has 0 saturated heterocycles. The van der Waals surface area contributed by atoms with E-state index in [1.807, 2.05) is 6.92 Å². The number of aromatic nitrogens is 2. The highest BCUT2D eigenvalue weighted by Crippen LogP contribution is 2.13. The van der Waals surface area contributed by atoms with E-state index in [1.54, 1.807) is 6.07 Å². The van der Waals surface area contributed by atoms with Gasteiger partial charge in [-0.2, -0.15) is 4.98 Å². The maximum Gasteiger partial charge on any atom is 0.320 e. The Labute approximate surface area is 124 Å². The zero-order valence-corrected chi connectivity index (χ0v) is 12.6. The SMILES string of the molecule is COc1nccc(NC(=O)NC(C)C2=CCN(C)CC2)n1. The smallest absolute Gasteiger partial charge is 0.320 e. The lowest BCUT2D eigenvalue weighted by molar-refractivity contribution is 0.249. The van der Waals surface area contributed by atoms with Crippen LogP contribution in [0, 0.1) is 0 Å². The van der Waals surface area contributed by atoms with Crippen molar-refractivity contribution < 1.29 is 9.53 Å². The minimum absolute atomic E-state index is 0.00225. The predicted molar refractivity (Wildman–Crippen MR) is 80.4 cm³/mol. The first-order valence-electron chi connectivity index (χ1n) is 6.90. The quantitative estimate of drug-likeness (QED) is 0.816. The summed E-state index contributed by atoms with van der Waals surface area (Å²) in [6.45, 7) is 3.92. The summed E-state index contributed by atoms with van der Waals surface area (Å²) in [5, 5.41) is 5.59. The fourth-order valence-electron chi connectivity index (χ4n) is 2.13. The minimum atomic E-state index is -0.289. The van der Waals surface area contributed by atoms with E-state index in [9.17, 15) is 4.79 Å². The third-order valence-electron chi connectivity index (χ3n) is 3.41. The topological polar surface area (TPSA) is 79.4 Å². The van der Waals surface area contributed by atoms with Gasteiger partial charge >= 0.3 is 12.0 Å². The van der Waals surface area contributed by atoms with Gasteiger partial charge in [-0.15, -0.1) is 0 Å². The molecule has 0 bridgehead atoms. The van der Waals surface area contributed by atoms with Crippen LogP contribution in [0.25, 0.3) is 0 Å². The van der Waals surface area contributed by atoms with Crippen LogP contribution in [0.2, 0.25) is 0 Å². The van der Waals surface area contributed by atoms with E-state index in [1.165, 1.54) is 18.9 Å². The van der Waals surface area contributed by atoms with Crippen molar-refractivity contribution in [2.75, 3.05) is 32.6 Å². The average molecular weight is 291 g/mol. The van der Waals surface area contributed by atoms with E-state index >= 15 is 0 Å². The van der Waals surface area contributed by atoms with Crippen LogP contribution in [0.4, 0.5) is 10.6 Å². The molecular formula is C14H21N5O2. The zero-order chi connectivity index (χ0) is 15.2. The molecule has 0 saturated carbocycles. The third kappa shape index (κ3) is 4.42. The van der Waals surface area contributed by atoms with E-state index in [-0.39, 0.29) is 18.1 Å². The van der Waals surface area contributed by atoms with Crippen molar-refractivity contribution in [1.82, 2.24) is 20.2 Å². The molecule has 0 aliphatic carbocycles. The van der Waals surface area contributed by atoms with Crippen molar-refractivity contribution in [1.29, 1.82) is 0 Å². The Morgan fingerprint density at radius 2 is 2.33 bits per heavy atom. The Kier molecular flexibility index (Phi) is 5.10. The largest absolute Gasteiger partial charge is 0.467 e. The number of carbonyl (C=O) groups excluding carboxylic acids is 1. The Morgan fingerprint density at radius 1 is 1.52 bits per heavy atom. The molecule has 2 rings (SSSR count). The van der Waals surface area contributed by atoms with Crippen LogP contribution in [0.15, 0.2) is 23.9 Å². The Bertz CT molecular complexity index is 532. The molecule has 2 amide bonds. The van der Waals surface area contributed by atoms with Crippen molar-refractivity contribution in [2.24, 2.45) is 0 Å². The number of hydrogen-bond donors (Lipinski definition) is 2. The van der Waals surface area contributed by atoms with Crippen molar-refractivity contribution in [3.05, 3.63) is 23.9 Å². The van der Waals surface area contributed by atoms with E-state index in [4.69, 9.17) is 4.74 Å². The number of anilines is 1. The van der Waals surface area contributed by atoms with Crippen LogP contribution >= 0.6 is 0 Å². The van der Waals surface area contributed by atoms with Crippen LogP contribution in [0.3, 0.4) is 0 Å². The second-order valence-corrected chi connectivity index (χ2v) is 5.04. The lowest BCUT2D eigenvalue weighted by Gasteiger charge is -2.26. The van der Waals surface area contributed by atoms with Gasteiger partial charge in [0.15, 0.2) is 0 Å². The number of nitrogens with one attached hydrogen (secondary N) is 2. The molecular weight excluding hydrogens is 270 g/mol. The number of carbonyl (C=O) groups is 1. The van der Waals surface area contributed by atoms with E-state index in [0.29, 0.717) is 5.82 Å². The summed E-state index contributed by atoms with van der Waals surface area (Å²) in [5.41, 5.74) is 1.25. The number of nitrogens with zero attached hydrogens (tertiary/aromatic N) is 3. The van der Waals surface area contributed by atoms with Gasteiger partial charge in [0.2, 0.25) is 0 Å². The summed E-state index contributed by atoms with van der Waals surface area (Å²) in [5.74, 6) is 0.406.